The molecule has 1 aromatic heterocycles. The second kappa shape index (κ2) is 8.74. The second-order valence-electron chi connectivity index (χ2n) is 14.3. The largest absolute Gasteiger partial charge is 0.443 e. The second-order valence-corrected chi connectivity index (χ2v) is 14.3. The number of nitrogen functional groups attached to an aromatic ring is 1. The van der Waals surface area contributed by atoms with Gasteiger partial charge in [0.15, 0.2) is 17.7 Å². The van der Waals surface area contributed by atoms with Gasteiger partial charge >= 0.3 is 6.09 Å². The molecule has 9 heteroatoms. The number of fused-ring (bicyclic) bond motifs is 9. The molecule has 0 radical (unpaired) electrons. The van der Waals surface area contributed by atoms with Gasteiger partial charge in [-0.05, 0) is 68.4 Å². The van der Waals surface area contributed by atoms with Gasteiger partial charge < -0.3 is 35.4 Å². The van der Waals surface area contributed by atoms with Gasteiger partial charge in [0.05, 0.1) is 0 Å². The van der Waals surface area contributed by atoms with Crippen LogP contribution in [-0.4, -0.2) is 51.2 Å². The van der Waals surface area contributed by atoms with Gasteiger partial charge in [0.2, 0.25) is 0 Å². The van der Waals surface area contributed by atoms with E-state index in [9.17, 15) is 14.7 Å². The topological polar surface area (TPSA) is 136 Å². The average molecular weight is 598 g/mol. The molecule has 1 unspecified atom stereocenters. The molecule has 2 aromatic carbocycles. The van der Waals surface area contributed by atoms with Crippen molar-refractivity contribution in [1.82, 2.24) is 10.3 Å². The fourth-order valence-corrected chi connectivity index (χ4v) is 9.56. The van der Waals surface area contributed by atoms with Gasteiger partial charge in [-0.1, -0.05) is 50.2 Å². The number of amides is 1. The van der Waals surface area contributed by atoms with Crippen molar-refractivity contribution in [2.24, 2.45) is 11.3 Å². The highest BCUT2D eigenvalue weighted by molar-refractivity contribution is 5.97. The van der Waals surface area contributed by atoms with Crippen molar-refractivity contribution in [1.29, 1.82) is 0 Å². The number of para-hydroxylation sites is 2. The summed E-state index contributed by atoms with van der Waals surface area (Å²) in [6.07, 6.45) is 1.33. The van der Waals surface area contributed by atoms with Gasteiger partial charge in [0, 0.05) is 51.7 Å². The fraction of sp³-hybridized carbons (Fsp3) is 0.486. The lowest BCUT2D eigenvalue weighted by Gasteiger charge is -2.67. The zero-order chi connectivity index (χ0) is 30.9. The van der Waals surface area contributed by atoms with Crippen LogP contribution < -0.4 is 11.1 Å². The number of nitrogens with two attached hydrogens (primary N) is 1. The summed E-state index contributed by atoms with van der Waals surface area (Å²) in [5, 5.41) is 17.4. The molecule has 8 rings (SSSR count). The smallest absolute Gasteiger partial charge is 0.407 e. The maximum absolute atomic E-state index is 13.6. The van der Waals surface area contributed by atoms with Crippen LogP contribution in [0.25, 0.3) is 10.9 Å². The Bertz CT molecular complexity index is 1780. The number of H-pyrrole nitrogens is 1. The van der Waals surface area contributed by atoms with Crippen molar-refractivity contribution >= 4 is 28.5 Å². The van der Waals surface area contributed by atoms with Crippen LogP contribution in [0.15, 0.2) is 60.2 Å². The van der Waals surface area contributed by atoms with Gasteiger partial charge in [-0.2, -0.15) is 0 Å². The molecule has 2 bridgehead atoms. The van der Waals surface area contributed by atoms with E-state index < -0.39 is 46.1 Å². The summed E-state index contributed by atoms with van der Waals surface area (Å²) in [7, 11) is 0. The van der Waals surface area contributed by atoms with E-state index in [1.807, 2.05) is 44.2 Å². The third-order valence-electron chi connectivity index (χ3n) is 12.0. The van der Waals surface area contributed by atoms with Crippen LogP contribution >= 0.6 is 0 Å². The van der Waals surface area contributed by atoms with Crippen LogP contribution in [-0.2, 0) is 37.4 Å². The number of alkyl carbamates (subject to hydrolysis) is 1. The quantitative estimate of drug-likeness (QED) is 0.318. The van der Waals surface area contributed by atoms with Crippen LogP contribution in [0, 0.1) is 11.3 Å². The Morgan fingerprint density at radius 2 is 1.86 bits per heavy atom. The number of carbonyl (C=O) groups excluding carboxylic acids is 2. The van der Waals surface area contributed by atoms with Gasteiger partial charge in [0.25, 0.3) is 0 Å². The van der Waals surface area contributed by atoms with E-state index in [-0.39, 0.29) is 18.2 Å². The van der Waals surface area contributed by atoms with Crippen LogP contribution in [0.3, 0.4) is 0 Å². The first-order valence-corrected chi connectivity index (χ1v) is 15.6. The Morgan fingerprint density at radius 1 is 1.11 bits per heavy atom. The van der Waals surface area contributed by atoms with Crippen molar-refractivity contribution < 1.29 is 28.9 Å². The molecule has 3 fully saturated rings. The minimum absolute atomic E-state index is 0.0738. The number of ether oxygens (including phenoxy) is 3. The summed E-state index contributed by atoms with van der Waals surface area (Å²) in [6.45, 7) is 8.19. The highest BCUT2D eigenvalue weighted by atomic mass is 16.8. The van der Waals surface area contributed by atoms with Gasteiger partial charge in [-0.3, -0.25) is 4.79 Å². The molecule has 230 valence electrons. The number of aromatic amines is 1. The number of carbonyl (C=O) groups is 2. The van der Waals surface area contributed by atoms with E-state index in [1.54, 1.807) is 6.07 Å². The number of aliphatic hydroxyl groups is 1. The third-order valence-corrected chi connectivity index (χ3v) is 12.0. The van der Waals surface area contributed by atoms with E-state index >= 15 is 0 Å². The first-order chi connectivity index (χ1) is 20.8. The Hall–Kier alpha value is -3.66. The maximum atomic E-state index is 13.6. The highest BCUT2D eigenvalue weighted by Crippen LogP contribution is 2.72. The molecular formula is C35H39N3O6. The van der Waals surface area contributed by atoms with Crippen molar-refractivity contribution in [3.8, 4) is 0 Å². The van der Waals surface area contributed by atoms with Crippen molar-refractivity contribution in [3.05, 3.63) is 77.0 Å². The van der Waals surface area contributed by atoms with Crippen LogP contribution in [0.2, 0.25) is 0 Å². The molecule has 3 heterocycles. The summed E-state index contributed by atoms with van der Waals surface area (Å²) < 4.78 is 19.2. The minimum atomic E-state index is -1.76. The van der Waals surface area contributed by atoms with E-state index in [0.717, 1.165) is 23.2 Å². The number of benzene rings is 2. The predicted molar refractivity (Wildman–Crippen MR) is 164 cm³/mol. The van der Waals surface area contributed by atoms with Crippen molar-refractivity contribution in [3.63, 3.8) is 0 Å². The monoisotopic (exact) mass is 597 g/mol. The summed E-state index contributed by atoms with van der Waals surface area (Å²) in [6, 6.07) is 15.6. The number of nitrogens with one attached hydrogen (secondary N) is 2. The van der Waals surface area contributed by atoms with E-state index in [0.29, 0.717) is 30.5 Å². The van der Waals surface area contributed by atoms with E-state index in [2.05, 4.69) is 36.3 Å². The molecular weight excluding hydrogens is 558 g/mol. The number of anilines is 1. The molecule has 3 aromatic rings. The molecule has 1 amide bonds. The lowest BCUT2D eigenvalue weighted by molar-refractivity contribution is -0.273. The zero-order valence-corrected chi connectivity index (χ0v) is 25.5. The number of rotatable bonds is 3. The first kappa shape index (κ1) is 27.9. The summed E-state index contributed by atoms with van der Waals surface area (Å²) >= 11 is 0. The normalized spacial score (nSPS) is 37.9. The zero-order valence-electron chi connectivity index (χ0n) is 25.5. The summed E-state index contributed by atoms with van der Waals surface area (Å²) in [4.78, 5) is 30.8. The van der Waals surface area contributed by atoms with E-state index in [4.69, 9.17) is 19.9 Å². The Kier molecular flexibility index (Phi) is 5.53. The summed E-state index contributed by atoms with van der Waals surface area (Å²) in [5.74, 6) is -1.45. The van der Waals surface area contributed by atoms with Gasteiger partial charge in [0.1, 0.15) is 17.3 Å². The molecule has 7 atom stereocenters. The lowest BCUT2D eigenvalue weighted by atomic mass is 9.41. The van der Waals surface area contributed by atoms with Crippen molar-refractivity contribution in [2.45, 2.75) is 94.5 Å². The van der Waals surface area contributed by atoms with Gasteiger partial charge in [-0.15, -0.1) is 0 Å². The summed E-state index contributed by atoms with van der Waals surface area (Å²) in [5.41, 5.74) is 7.19. The SMILES string of the molecule is CC1(C)OC23CC[C@]4(C)[C@@]5(C)c6[nH]c7ccccc7c6C[C@@H]5C[C@H](OC(=O)NCc5ccccc5N)[C@@]4(O)C2=CC(=O)[C@@H]1O3. The number of ketones is 1. The Morgan fingerprint density at radius 3 is 2.66 bits per heavy atom. The van der Waals surface area contributed by atoms with Crippen LogP contribution in [0.4, 0.5) is 10.5 Å². The number of hydrogen-bond donors (Lipinski definition) is 4. The van der Waals surface area contributed by atoms with Crippen molar-refractivity contribution in [2.75, 3.05) is 5.73 Å². The molecule has 9 nitrogen and oxygen atoms in total. The predicted octanol–water partition coefficient (Wildman–Crippen LogP) is 4.81. The molecule has 3 aliphatic carbocycles. The number of hydrogen-bond acceptors (Lipinski definition) is 7. The third kappa shape index (κ3) is 3.30. The Balaban J connectivity index is 1.24. The Labute approximate surface area is 256 Å². The number of aromatic nitrogens is 1. The van der Waals surface area contributed by atoms with Gasteiger partial charge in [-0.25, -0.2) is 4.79 Å². The molecule has 5 N–H and O–H groups in total. The average Bonchev–Trinajstić information content (AvgIpc) is 3.57. The highest BCUT2D eigenvalue weighted by Gasteiger charge is 2.78. The fourth-order valence-electron chi connectivity index (χ4n) is 9.56. The minimum Gasteiger partial charge on any atom is -0.443 e. The molecule has 5 aliphatic rings. The molecule has 2 saturated carbocycles. The van der Waals surface area contributed by atoms with Crippen LogP contribution in [0.5, 0.6) is 0 Å². The van der Waals surface area contributed by atoms with E-state index in [1.165, 1.54) is 17.0 Å². The standard InChI is InChI=1S/C35H39N3O6/c1-31(2)29-25(39)17-26-34(43-29,44-31)14-13-32(3)33(4)20(15-22-21-10-6-8-12-24(21)38-28(22)33)16-27(35(26,32)41)42-30(40)37-18-19-9-5-7-11-23(19)36/h5-12,17,20,27,29,38,41H,13-16,18,36H2,1-4H3,(H,37,40)/t20-,27+,29+,32-,33-,34?,35+/m1/s1. The molecule has 44 heavy (non-hydrogen) atoms. The lowest BCUT2D eigenvalue weighted by Crippen LogP contribution is -2.75. The first-order valence-electron chi connectivity index (χ1n) is 15.6. The molecule has 1 spiro atoms. The van der Waals surface area contributed by atoms with Crippen LogP contribution in [0.1, 0.15) is 63.8 Å². The maximum Gasteiger partial charge on any atom is 0.407 e. The molecule has 1 saturated heterocycles. The molecule has 2 aliphatic heterocycles.